The standard InChI is InChI=1S/C5H12N2.C4H10.2C2H6/c1-7-4-2-6-3-5-7;1-4(2)3;2*1-2/h6H,2-5H2,1H3;4H,1-3H3;2*1-2H3. The fourth-order valence-corrected chi connectivity index (χ4v) is 0.777. The molecule has 1 heterocycles. The summed E-state index contributed by atoms with van der Waals surface area (Å²) < 4.78 is 0. The van der Waals surface area contributed by atoms with Gasteiger partial charge in [0.2, 0.25) is 0 Å². The first kappa shape index (κ1) is 20.3. The van der Waals surface area contributed by atoms with Crippen LogP contribution in [0.4, 0.5) is 0 Å². The van der Waals surface area contributed by atoms with Gasteiger partial charge in [-0.3, -0.25) is 0 Å². The van der Waals surface area contributed by atoms with Crippen LogP contribution in [0.15, 0.2) is 0 Å². The van der Waals surface area contributed by atoms with Crippen LogP contribution < -0.4 is 5.32 Å². The average molecular weight is 218 g/mol. The van der Waals surface area contributed by atoms with Gasteiger partial charge in [-0.05, 0) is 13.0 Å². The van der Waals surface area contributed by atoms with Crippen LogP contribution in [0, 0.1) is 5.92 Å². The second-order valence-electron chi connectivity index (χ2n) is 3.79. The van der Waals surface area contributed by atoms with E-state index in [9.17, 15) is 0 Å². The normalized spacial score (nSPS) is 15.0. The molecule has 2 heteroatoms. The second-order valence-corrected chi connectivity index (χ2v) is 3.79. The molecule has 1 fully saturated rings. The molecule has 1 aliphatic rings. The van der Waals surface area contributed by atoms with Gasteiger partial charge in [-0.25, -0.2) is 0 Å². The van der Waals surface area contributed by atoms with Crippen LogP contribution in [0.3, 0.4) is 0 Å². The van der Waals surface area contributed by atoms with E-state index >= 15 is 0 Å². The molecule has 0 spiro atoms. The van der Waals surface area contributed by atoms with E-state index in [2.05, 4.69) is 38.0 Å². The van der Waals surface area contributed by atoms with Crippen molar-refractivity contribution in [2.45, 2.75) is 48.5 Å². The summed E-state index contributed by atoms with van der Waals surface area (Å²) in [5.74, 6) is 0.833. The number of hydrogen-bond donors (Lipinski definition) is 1. The van der Waals surface area contributed by atoms with Crippen LogP contribution in [-0.4, -0.2) is 38.1 Å². The molecule has 0 bridgehead atoms. The minimum absolute atomic E-state index is 0.833. The van der Waals surface area contributed by atoms with Gasteiger partial charge < -0.3 is 10.2 Å². The number of hydrogen-bond acceptors (Lipinski definition) is 2. The molecule has 96 valence electrons. The maximum absolute atomic E-state index is 3.27. The molecular formula is C13H34N2. The maximum atomic E-state index is 3.27. The Kier molecular flexibility index (Phi) is 26.4. The average Bonchev–Trinajstić information content (AvgIpc) is 2.24. The SMILES string of the molecule is CC.CC.CC(C)C.CN1CCNCC1. The first-order valence-corrected chi connectivity index (χ1v) is 6.52. The van der Waals surface area contributed by atoms with E-state index < -0.39 is 0 Å². The van der Waals surface area contributed by atoms with Crippen LogP contribution in [0.1, 0.15) is 48.5 Å². The summed E-state index contributed by atoms with van der Waals surface area (Å²) in [6.07, 6.45) is 0. The molecule has 0 aromatic rings. The molecule has 2 nitrogen and oxygen atoms in total. The largest absolute Gasteiger partial charge is 0.314 e. The van der Waals surface area contributed by atoms with Crippen LogP contribution >= 0.6 is 0 Å². The van der Waals surface area contributed by atoms with Gasteiger partial charge in [-0.15, -0.1) is 0 Å². The Hall–Kier alpha value is -0.0800. The highest BCUT2D eigenvalue weighted by molar-refractivity contribution is 4.62. The molecule has 1 N–H and O–H groups in total. The summed E-state index contributed by atoms with van der Waals surface area (Å²) in [5, 5.41) is 3.27. The number of nitrogens with zero attached hydrogens (tertiary/aromatic N) is 1. The summed E-state index contributed by atoms with van der Waals surface area (Å²) in [5.41, 5.74) is 0. The number of nitrogens with one attached hydrogen (secondary N) is 1. The van der Waals surface area contributed by atoms with E-state index in [1.54, 1.807) is 0 Å². The van der Waals surface area contributed by atoms with E-state index in [1.807, 2.05) is 27.7 Å². The van der Waals surface area contributed by atoms with Gasteiger partial charge in [0.15, 0.2) is 0 Å². The molecule has 0 amide bonds. The van der Waals surface area contributed by atoms with Gasteiger partial charge in [0.25, 0.3) is 0 Å². The topological polar surface area (TPSA) is 15.3 Å². The van der Waals surface area contributed by atoms with Gasteiger partial charge in [-0.1, -0.05) is 48.5 Å². The zero-order valence-electron chi connectivity index (χ0n) is 12.4. The van der Waals surface area contributed by atoms with Crippen LogP contribution in [0.2, 0.25) is 0 Å². The van der Waals surface area contributed by atoms with Gasteiger partial charge in [0.05, 0.1) is 0 Å². The molecule has 0 radical (unpaired) electrons. The number of rotatable bonds is 0. The third kappa shape index (κ3) is 31.5. The van der Waals surface area contributed by atoms with Crippen molar-refractivity contribution in [2.24, 2.45) is 5.92 Å². The summed E-state index contributed by atoms with van der Waals surface area (Å²) in [6, 6.07) is 0. The second kappa shape index (κ2) is 19.5. The minimum Gasteiger partial charge on any atom is -0.314 e. The summed E-state index contributed by atoms with van der Waals surface area (Å²) in [6.45, 7) is 19.2. The third-order valence-electron chi connectivity index (χ3n) is 1.34. The lowest BCUT2D eigenvalue weighted by Crippen LogP contribution is -2.40. The smallest absolute Gasteiger partial charge is 0.0104 e. The highest BCUT2D eigenvalue weighted by Gasteiger charge is 2.01. The predicted octanol–water partition coefficient (Wildman–Crippen LogP) is 3.24. The lowest BCUT2D eigenvalue weighted by Gasteiger charge is -2.21. The Labute approximate surface area is 98.4 Å². The van der Waals surface area contributed by atoms with Gasteiger partial charge in [-0.2, -0.15) is 0 Å². The van der Waals surface area contributed by atoms with E-state index in [1.165, 1.54) is 13.1 Å². The maximum Gasteiger partial charge on any atom is 0.0104 e. The molecule has 15 heavy (non-hydrogen) atoms. The Morgan fingerprint density at radius 3 is 1.27 bits per heavy atom. The van der Waals surface area contributed by atoms with E-state index in [0.29, 0.717) is 0 Å². The summed E-state index contributed by atoms with van der Waals surface area (Å²) in [7, 11) is 2.15. The van der Waals surface area contributed by atoms with Crippen molar-refractivity contribution in [3.8, 4) is 0 Å². The van der Waals surface area contributed by atoms with E-state index in [0.717, 1.165) is 19.0 Å². The summed E-state index contributed by atoms with van der Waals surface area (Å²) >= 11 is 0. The molecule has 1 saturated heterocycles. The molecule has 0 aromatic heterocycles. The van der Waals surface area contributed by atoms with Gasteiger partial charge >= 0.3 is 0 Å². The highest BCUT2D eigenvalue weighted by atomic mass is 15.2. The lowest BCUT2D eigenvalue weighted by atomic mass is 10.3. The predicted molar refractivity (Wildman–Crippen MR) is 73.6 cm³/mol. The van der Waals surface area contributed by atoms with Crippen molar-refractivity contribution in [3.05, 3.63) is 0 Å². The Morgan fingerprint density at radius 2 is 1.13 bits per heavy atom. The van der Waals surface area contributed by atoms with Crippen molar-refractivity contribution in [1.29, 1.82) is 0 Å². The van der Waals surface area contributed by atoms with Gasteiger partial charge in [0, 0.05) is 26.2 Å². The first-order chi connectivity index (χ1) is 7.13. The molecule has 0 aromatic carbocycles. The fourth-order valence-electron chi connectivity index (χ4n) is 0.777. The van der Waals surface area contributed by atoms with Crippen LogP contribution in [0.5, 0.6) is 0 Å². The van der Waals surface area contributed by atoms with Crippen molar-refractivity contribution >= 4 is 0 Å². The molecule has 0 aliphatic carbocycles. The zero-order valence-corrected chi connectivity index (χ0v) is 12.4. The molecule has 1 aliphatic heterocycles. The van der Waals surface area contributed by atoms with Crippen molar-refractivity contribution in [1.82, 2.24) is 10.2 Å². The monoisotopic (exact) mass is 218 g/mol. The molecular weight excluding hydrogens is 184 g/mol. The van der Waals surface area contributed by atoms with Crippen LogP contribution in [0.25, 0.3) is 0 Å². The Morgan fingerprint density at radius 1 is 0.867 bits per heavy atom. The van der Waals surface area contributed by atoms with E-state index in [4.69, 9.17) is 0 Å². The number of piperazine rings is 1. The Balaban J connectivity index is -0.000000156. The minimum atomic E-state index is 0.833. The van der Waals surface area contributed by atoms with E-state index in [-0.39, 0.29) is 0 Å². The van der Waals surface area contributed by atoms with Crippen LogP contribution in [-0.2, 0) is 0 Å². The molecule has 0 unspecified atom stereocenters. The molecule has 0 saturated carbocycles. The lowest BCUT2D eigenvalue weighted by molar-refractivity contribution is 0.291. The number of likely N-dealkylation sites (N-methyl/N-ethyl adjacent to an activating group) is 1. The first-order valence-electron chi connectivity index (χ1n) is 6.52. The third-order valence-corrected chi connectivity index (χ3v) is 1.34. The summed E-state index contributed by atoms with van der Waals surface area (Å²) in [4.78, 5) is 2.33. The fraction of sp³-hybridized carbons (Fsp3) is 1.00. The van der Waals surface area contributed by atoms with Gasteiger partial charge in [0.1, 0.15) is 0 Å². The highest BCUT2D eigenvalue weighted by Crippen LogP contribution is 1.83. The molecule has 0 atom stereocenters. The zero-order chi connectivity index (χ0) is 12.7. The Bertz CT molecular complexity index is 73.9. The van der Waals surface area contributed by atoms with Crippen molar-refractivity contribution in [3.63, 3.8) is 0 Å². The quantitative estimate of drug-likeness (QED) is 0.671. The molecule has 1 rings (SSSR count). The van der Waals surface area contributed by atoms with Crippen molar-refractivity contribution < 1.29 is 0 Å². The van der Waals surface area contributed by atoms with Crippen molar-refractivity contribution in [2.75, 3.05) is 33.2 Å².